The summed E-state index contributed by atoms with van der Waals surface area (Å²) in [4.78, 5) is 16.9. The molecule has 4 nitrogen and oxygen atoms in total. The SMILES string of the molecule is Cc1c(Cl)cccc1NC(=O)CN1CCN(CC=Cc2ccccc2)CC1. The number of hydrogen-bond acceptors (Lipinski definition) is 3. The molecule has 1 heterocycles. The van der Waals surface area contributed by atoms with E-state index in [1.165, 1.54) is 5.56 Å². The lowest BCUT2D eigenvalue weighted by atomic mass is 10.2. The molecule has 1 N–H and O–H groups in total. The van der Waals surface area contributed by atoms with Gasteiger partial charge in [-0.2, -0.15) is 0 Å². The highest BCUT2D eigenvalue weighted by Gasteiger charge is 2.18. The second kappa shape index (κ2) is 9.70. The molecule has 0 atom stereocenters. The fraction of sp³-hybridized carbons (Fsp3) is 0.318. The summed E-state index contributed by atoms with van der Waals surface area (Å²) in [6.45, 7) is 7.03. The van der Waals surface area contributed by atoms with Crippen LogP contribution in [0.1, 0.15) is 11.1 Å². The van der Waals surface area contributed by atoms with Gasteiger partial charge in [-0.15, -0.1) is 0 Å². The molecule has 0 radical (unpaired) electrons. The number of amides is 1. The number of rotatable bonds is 6. The average molecular weight is 384 g/mol. The molecule has 1 saturated heterocycles. The van der Waals surface area contributed by atoms with E-state index in [2.05, 4.69) is 39.4 Å². The van der Waals surface area contributed by atoms with E-state index in [9.17, 15) is 4.79 Å². The number of halogens is 1. The molecule has 5 heteroatoms. The molecule has 1 fully saturated rings. The molecule has 142 valence electrons. The van der Waals surface area contributed by atoms with E-state index >= 15 is 0 Å². The van der Waals surface area contributed by atoms with Gasteiger partial charge in [0.05, 0.1) is 6.54 Å². The van der Waals surface area contributed by atoms with E-state index in [1.54, 1.807) is 0 Å². The molecule has 0 aliphatic carbocycles. The molecule has 1 aliphatic rings. The molecule has 2 aromatic rings. The van der Waals surface area contributed by atoms with Gasteiger partial charge in [0.15, 0.2) is 0 Å². The summed E-state index contributed by atoms with van der Waals surface area (Å²) in [5, 5.41) is 3.64. The Morgan fingerprint density at radius 1 is 1.04 bits per heavy atom. The molecule has 0 saturated carbocycles. The van der Waals surface area contributed by atoms with Crippen LogP contribution in [0.4, 0.5) is 5.69 Å². The van der Waals surface area contributed by atoms with Crippen LogP contribution in [-0.4, -0.2) is 55.0 Å². The first-order chi connectivity index (χ1) is 13.1. The molecule has 1 aliphatic heterocycles. The highest BCUT2D eigenvalue weighted by Crippen LogP contribution is 2.22. The number of benzene rings is 2. The van der Waals surface area contributed by atoms with Crippen LogP contribution in [-0.2, 0) is 4.79 Å². The fourth-order valence-electron chi connectivity index (χ4n) is 3.17. The molecule has 1 amide bonds. The van der Waals surface area contributed by atoms with E-state index in [-0.39, 0.29) is 5.91 Å². The van der Waals surface area contributed by atoms with Crippen LogP contribution >= 0.6 is 11.6 Å². The van der Waals surface area contributed by atoms with Crippen molar-refractivity contribution in [3.63, 3.8) is 0 Å². The first-order valence-corrected chi connectivity index (χ1v) is 9.71. The Bertz CT molecular complexity index is 783. The van der Waals surface area contributed by atoms with E-state index in [0.29, 0.717) is 11.6 Å². The zero-order valence-corrected chi connectivity index (χ0v) is 16.5. The van der Waals surface area contributed by atoms with Crippen LogP contribution in [0.5, 0.6) is 0 Å². The van der Waals surface area contributed by atoms with Gasteiger partial charge in [-0.3, -0.25) is 14.6 Å². The van der Waals surface area contributed by atoms with Gasteiger partial charge in [-0.25, -0.2) is 0 Å². The zero-order chi connectivity index (χ0) is 19.1. The predicted octanol–water partition coefficient (Wildman–Crippen LogP) is 3.92. The number of nitrogens with one attached hydrogen (secondary N) is 1. The lowest BCUT2D eigenvalue weighted by Crippen LogP contribution is -2.48. The molecule has 3 rings (SSSR count). The van der Waals surface area contributed by atoms with Crippen LogP contribution in [0.2, 0.25) is 5.02 Å². The van der Waals surface area contributed by atoms with Crippen molar-refractivity contribution in [2.75, 3.05) is 44.6 Å². The Kier molecular flexibility index (Phi) is 7.04. The van der Waals surface area contributed by atoms with E-state index in [0.717, 1.165) is 44.0 Å². The van der Waals surface area contributed by atoms with Gasteiger partial charge in [-0.05, 0) is 30.2 Å². The molecular formula is C22H26ClN3O. The maximum atomic E-state index is 12.3. The van der Waals surface area contributed by atoms with Gasteiger partial charge in [0.2, 0.25) is 5.91 Å². The third-order valence-corrected chi connectivity index (χ3v) is 5.26. The van der Waals surface area contributed by atoms with Gasteiger partial charge in [0.1, 0.15) is 0 Å². The lowest BCUT2D eigenvalue weighted by molar-refractivity contribution is -0.117. The molecule has 0 bridgehead atoms. The van der Waals surface area contributed by atoms with Crippen molar-refractivity contribution in [1.29, 1.82) is 0 Å². The zero-order valence-electron chi connectivity index (χ0n) is 15.7. The van der Waals surface area contributed by atoms with Gasteiger partial charge in [0.25, 0.3) is 0 Å². The van der Waals surface area contributed by atoms with Crippen molar-refractivity contribution >= 4 is 29.3 Å². The van der Waals surface area contributed by atoms with Crippen LogP contribution in [0, 0.1) is 6.92 Å². The Morgan fingerprint density at radius 3 is 2.48 bits per heavy atom. The predicted molar refractivity (Wildman–Crippen MR) is 113 cm³/mol. The normalized spacial score (nSPS) is 15.9. The third-order valence-electron chi connectivity index (χ3n) is 4.85. The average Bonchev–Trinajstić information content (AvgIpc) is 2.68. The number of carbonyl (C=O) groups is 1. The molecule has 27 heavy (non-hydrogen) atoms. The van der Waals surface area contributed by atoms with Gasteiger partial charge < -0.3 is 5.32 Å². The molecule has 2 aromatic carbocycles. The number of carbonyl (C=O) groups excluding carboxylic acids is 1. The largest absolute Gasteiger partial charge is 0.325 e. The molecular weight excluding hydrogens is 358 g/mol. The van der Waals surface area contributed by atoms with Crippen molar-refractivity contribution in [2.24, 2.45) is 0 Å². The summed E-state index contributed by atoms with van der Waals surface area (Å²) in [5.41, 5.74) is 2.92. The minimum atomic E-state index is 0.0118. The number of hydrogen-bond donors (Lipinski definition) is 1. The number of anilines is 1. The van der Waals surface area contributed by atoms with Crippen molar-refractivity contribution < 1.29 is 4.79 Å². The van der Waals surface area contributed by atoms with Gasteiger partial charge in [0, 0.05) is 43.4 Å². The number of nitrogens with zero attached hydrogens (tertiary/aromatic N) is 2. The smallest absolute Gasteiger partial charge is 0.238 e. The van der Waals surface area contributed by atoms with Crippen molar-refractivity contribution in [3.8, 4) is 0 Å². The summed E-state index contributed by atoms with van der Waals surface area (Å²) >= 11 is 6.11. The Morgan fingerprint density at radius 2 is 1.74 bits per heavy atom. The highest BCUT2D eigenvalue weighted by molar-refractivity contribution is 6.31. The van der Waals surface area contributed by atoms with Crippen molar-refractivity contribution in [2.45, 2.75) is 6.92 Å². The van der Waals surface area contributed by atoms with Crippen LogP contribution < -0.4 is 5.32 Å². The maximum Gasteiger partial charge on any atom is 0.238 e. The summed E-state index contributed by atoms with van der Waals surface area (Å²) in [5.74, 6) is 0.0118. The standard InChI is InChI=1S/C22H26ClN3O/c1-18-20(23)10-5-11-21(18)24-22(27)17-26-15-13-25(14-16-26)12-6-9-19-7-3-2-4-8-19/h2-11H,12-17H2,1H3,(H,24,27). The Balaban J connectivity index is 1.40. The van der Waals surface area contributed by atoms with E-state index in [4.69, 9.17) is 11.6 Å². The Labute approximate surface area is 166 Å². The lowest BCUT2D eigenvalue weighted by Gasteiger charge is -2.33. The molecule has 0 aromatic heterocycles. The van der Waals surface area contributed by atoms with E-state index in [1.807, 2.05) is 43.3 Å². The minimum absolute atomic E-state index is 0.0118. The molecule has 0 spiro atoms. The summed E-state index contributed by atoms with van der Waals surface area (Å²) in [7, 11) is 0. The second-order valence-corrected chi connectivity index (χ2v) is 7.26. The highest BCUT2D eigenvalue weighted by atomic mass is 35.5. The monoisotopic (exact) mass is 383 g/mol. The summed E-state index contributed by atoms with van der Waals surface area (Å²) in [6, 6.07) is 15.9. The van der Waals surface area contributed by atoms with Crippen LogP contribution in [0.25, 0.3) is 6.08 Å². The van der Waals surface area contributed by atoms with Crippen molar-refractivity contribution in [1.82, 2.24) is 9.80 Å². The summed E-state index contributed by atoms with van der Waals surface area (Å²) in [6.07, 6.45) is 4.37. The Hall–Kier alpha value is -2.14. The third kappa shape index (κ3) is 5.93. The van der Waals surface area contributed by atoms with E-state index < -0.39 is 0 Å². The fourth-order valence-corrected chi connectivity index (χ4v) is 3.34. The maximum absolute atomic E-state index is 12.3. The topological polar surface area (TPSA) is 35.6 Å². The first kappa shape index (κ1) is 19.6. The summed E-state index contributed by atoms with van der Waals surface area (Å²) < 4.78 is 0. The van der Waals surface area contributed by atoms with Gasteiger partial charge >= 0.3 is 0 Å². The second-order valence-electron chi connectivity index (χ2n) is 6.85. The van der Waals surface area contributed by atoms with Crippen molar-refractivity contribution in [3.05, 3.63) is 70.8 Å². The number of piperazine rings is 1. The van der Waals surface area contributed by atoms with Crippen LogP contribution in [0.3, 0.4) is 0 Å². The minimum Gasteiger partial charge on any atom is -0.325 e. The van der Waals surface area contributed by atoms with Crippen LogP contribution in [0.15, 0.2) is 54.6 Å². The molecule has 0 unspecified atom stereocenters. The van der Waals surface area contributed by atoms with Gasteiger partial charge in [-0.1, -0.05) is 60.2 Å². The quantitative estimate of drug-likeness (QED) is 0.821. The first-order valence-electron chi connectivity index (χ1n) is 9.33.